The summed E-state index contributed by atoms with van der Waals surface area (Å²) in [5.41, 5.74) is -1.43. The Morgan fingerprint density at radius 1 is 1.24 bits per heavy atom. The van der Waals surface area contributed by atoms with Gasteiger partial charge in [-0.1, -0.05) is 6.07 Å². The van der Waals surface area contributed by atoms with Crippen molar-refractivity contribution >= 4 is 17.7 Å². The zero-order chi connectivity index (χ0) is 15.6. The molecular formula is C12H8F3N3O3. The third-order valence-electron chi connectivity index (χ3n) is 2.50. The number of nitrogens with zero attached hydrogens (tertiary/aromatic N) is 1. The fourth-order valence-corrected chi connectivity index (χ4v) is 1.52. The Kier molecular flexibility index (Phi) is 3.66. The van der Waals surface area contributed by atoms with Crippen LogP contribution in [0.1, 0.15) is 26.4 Å². The number of alkyl halides is 3. The Hall–Kier alpha value is -2.84. The molecule has 1 aromatic heterocycles. The van der Waals surface area contributed by atoms with Crippen molar-refractivity contribution in [1.82, 2.24) is 10.2 Å². The molecule has 0 fully saturated rings. The summed E-state index contributed by atoms with van der Waals surface area (Å²) in [6.07, 6.45) is -4.56. The van der Waals surface area contributed by atoms with E-state index in [1.54, 1.807) is 0 Å². The fourth-order valence-electron chi connectivity index (χ4n) is 1.52. The lowest BCUT2D eigenvalue weighted by molar-refractivity contribution is -0.137. The summed E-state index contributed by atoms with van der Waals surface area (Å²) < 4.78 is 37.6. The molecule has 0 aliphatic rings. The zero-order valence-electron chi connectivity index (χ0n) is 10.2. The SMILES string of the molecule is O=C(Nc1cc(C(=O)O)[nH]n1)c1cccc(C(F)(F)F)c1. The van der Waals surface area contributed by atoms with Crippen molar-refractivity contribution in [2.24, 2.45) is 0 Å². The van der Waals surface area contributed by atoms with E-state index in [1.807, 2.05) is 0 Å². The van der Waals surface area contributed by atoms with Crippen LogP contribution in [0.3, 0.4) is 0 Å². The van der Waals surface area contributed by atoms with E-state index in [0.29, 0.717) is 6.07 Å². The number of carboxylic acids is 1. The highest BCUT2D eigenvalue weighted by molar-refractivity contribution is 6.04. The summed E-state index contributed by atoms with van der Waals surface area (Å²) in [5, 5.41) is 16.5. The van der Waals surface area contributed by atoms with Crippen molar-refractivity contribution in [3.05, 3.63) is 47.2 Å². The van der Waals surface area contributed by atoms with Gasteiger partial charge >= 0.3 is 12.1 Å². The van der Waals surface area contributed by atoms with Crippen LogP contribution in [0.2, 0.25) is 0 Å². The van der Waals surface area contributed by atoms with Crippen LogP contribution in [0.25, 0.3) is 0 Å². The lowest BCUT2D eigenvalue weighted by Gasteiger charge is -2.08. The van der Waals surface area contributed by atoms with Crippen molar-refractivity contribution in [2.75, 3.05) is 5.32 Å². The average molecular weight is 299 g/mol. The Morgan fingerprint density at radius 3 is 2.52 bits per heavy atom. The third-order valence-corrected chi connectivity index (χ3v) is 2.50. The highest BCUT2D eigenvalue weighted by atomic mass is 19.4. The summed E-state index contributed by atoms with van der Waals surface area (Å²) in [6.45, 7) is 0. The maximum atomic E-state index is 12.5. The average Bonchev–Trinajstić information content (AvgIpc) is 2.86. The second-order valence-corrected chi connectivity index (χ2v) is 4.00. The molecule has 21 heavy (non-hydrogen) atoms. The number of carbonyl (C=O) groups excluding carboxylic acids is 1. The van der Waals surface area contributed by atoms with Crippen molar-refractivity contribution < 1.29 is 27.9 Å². The van der Waals surface area contributed by atoms with E-state index in [9.17, 15) is 22.8 Å². The lowest BCUT2D eigenvalue weighted by Crippen LogP contribution is -2.14. The van der Waals surface area contributed by atoms with E-state index in [2.05, 4.69) is 15.5 Å². The predicted molar refractivity (Wildman–Crippen MR) is 64.9 cm³/mol. The number of aromatic nitrogens is 2. The number of amides is 1. The number of anilines is 1. The summed E-state index contributed by atoms with van der Waals surface area (Å²) in [7, 11) is 0. The summed E-state index contributed by atoms with van der Waals surface area (Å²) in [4.78, 5) is 22.4. The van der Waals surface area contributed by atoms with E-state index in [4.69, 9.17) is 5.11 Å². The van der Waals surface area contributed by atoms with Gasteiger partial charge in [-0.05, 0) is 18.2 Å². The van der Waals surface area contributed by atoms with Gasteiger partial charge in [0.05, 0.1) is 5.56 Å². The van der Waals surface area contributed by atoms with Gasteiger partial charge in [-0.3, -0.25) is 9.89 Å². The molecule has 0 bridgehead atoms. The number of nitrogens with one attached hydrogen (secondary N) is 2. The second-order valence-electron chi connectivity index (χ2n) is 4.00. The summed E-state index contributed by atoms with van der Waals surface area (Å²) in [6, 6.07) is 4.89. The number of rotatable bonds is 3. The van der Waals surface area contributed by atoms with Crippen LogP contribution in [-0.2, 0) is 6.18 Å². The molecule has 0 spiro atoms. The molecule has 0 aliphatic heterocycles. The smallest absolute Gasteiger partial charge is 0.416 e. The molecule has 110 valence electrons. The number of benzene rings is 1. The van der Waals surface area contributed by atoms with Crippen LogP contribution in [0.4, 0.5) is 19.0 Å². The van der Waals surface area contributed by atoms with Crippen LogP contribution in [0.5, 0.6) is 0 Å². The molecule has 0 atom stereocenters. The van der Waals surface area contributed by atoms with Crippen LogP contribution in [0.15, 0.2) is 30.3 Å². The molecule has 2 rings (SSSR count). The molecule has 0 radical (unpaired) electrons. The maximum Gasteiger partial charge on any atom is 0.416 e. The van der Waals surface area contributed by atoms with Gasteiger partial charge in [-0.2, -0.15) is 18.3 Å². The minimum Gasteiger partial charge on any atom is -0.477 e. The number of H-pyrrole nitrogens is 1. The number of aromatic carboxylic acids is 1. The highest BCUT2D eigenvalue weighted by Crippen LogP contribution is 2.29. The van der Waals surface area contributed by atoms with Crippen LogP contribution >= 0.6 is 0 Å². The Morgan fingerprint density at radius 2 is 1.95 bits per heavy atom. The molecule has 0 saturated heterocycles. The minimum absolute atomic E-state index is 0.102. The molecular weight excluding hydrogens is 291 g/mol. The van der Waals surface area contributed by atoms with Crippen molar-refractivity contribution in [3.63, 3.8) is 0 Å². The van der Waals surface area contributed by atoms with Gasteiger partial charge in [-0.25, -0.2) is 4.79 Å². The van der Waals surface area contributed by atoms with Crippen molar-refractivity contribution in [3.8, 4) is 0 Å². The van der Waals surface area contributed by atoms with E-state index in [-0.39, 0.29) is 17.1 Å². The largest absolute Gasteiger partial charge is 0.477 e. The molecule has 0 unspecified atom stereocenters. The molecule has 2 aromatic rings. The quantitative estimate of drug-likeness (QED) is 0.811. The van der Waals surface area contributed by atoms with E-state index >= 15 is 0 Å². The predicted octanol–water partition coefficient (Wildman–Crippen LogP) is 2.38. The summed E-state index contributed by atoms with van der Waals surface area (Å²) in [5.74, 6) is -2.21. The normalized spacial score (nSPS) is 11.2. The van der Waals surface area contributed by atoms with Crippen LogP contribution in [0, 0.1) is 0 Å². The lowest BCUT2D eigenvalue weighted by atomic mass is 10.1. The Balaban J connectivity index is 2.18. The number of aromatic amines is 1. The molecule has 9 heteroatoms. The number of carboxylic acid groups (broad SMARTS) is 1. The minimum atomic E-state index is -4.56. The standard InChI is InChI=1S/C12H8F3N3O3/c13-12(14,15)7-3-1-2-6(4-7)10(19)16-9-5-8(11(20)21)17-18-9/h1-5H,(H,20,21)(H2,16,17,18,19). The molecule has 1 heterocycles. The van der Waals surface area contributed by atoms with Crippen molar-refractivity contribution in [2.45, 2.75) is 6.18 Å². The Labute approximate surface area is 115 Å². The molecule has 3 N–H and O–H groups in total. The van der Waals surface area contributed by atoms with Gasteiger partial charge in [0.2, 0.25) is 0 Å². The molecule has 1 aromatic carbocycles. The third kappa shape index (κ3) is 3.38. The first kappa shape index (κ1) is 14.6. The fraction of sp³-hybridized carbons (Fsp3) is 0.0833. The van der Waals surface area contributed by atoms with Crippen LogP contribution < -0.4 is 5.32 Å². The maximum absolute atomic E-state index is 12.5. The van der Waals surface area contributed by atoms with Gasteiger partial charge in [0, 0.05) is 11.6 Å². The first-order valence-electron chi connectivity index (χ1n) is 5.54. The van der Waals surface area contributed by atoms with Crippen LogP contribution in [-0.4, -0.2) is 27.2 Å². The molecule has 0 saturated carbocycles. The number of hydrogen-bond donors (Lipinski definition) is 3. The Bertz CT molecular complexity index is 694. The highest BCUT2D eigenvalue weighted by Gasteiger charge is 2.30. The number of hydrogen-bond acceptors (Lipinski definition) is 3. The first-order chi connectivity index (χ1) is 9.77. The molecule has 1 amide bonds. The van der Waals surface area contributed by atoms with Gasteiger partial charge in [-0.15, -0.1) is 0 Å². The van der Waals surface area contributed by atoms with Gasteiger partial charge < -0.3 is 10.4 Å². The topological polar surface area (TPSA) is 95.1 Å². The summed E-state index contributed by atoms with van der Waals surface area (Å²) >= 11 is 0. The molecule has 0 aliphatic carbocycles. The van der Waals surface area contributed by atoms with E-state index in [1.165, 1.54) is 6.07 Å². The van der Waals surface area contributed by atoms with E-state index in [0.717, 1.165) is 18.2 Å². The van der Waals surface area contributed by atoms with Gasteiger partial charge in [0.25, 0.3) is 5.91 Å². The van der Waals surface area contributed by atoms with Gasteiger partial charge in [0.1, 0.15) is 5.69 Å². The number of halogens is 3. The zero-order valence-corrected chi connectivity index (χ0v) is 10.2. The van der Waals surface area contributed by atoms with Gasteiger partial charge in [0.15, 0.2) is 5.82 Å². The van der Waals surface area contributed by atoms with Crippen molar-refractivity contribution in [1.29, 1.82) is 0 Å². The second kappa shape index (κ2) is 5.27. The first-order valence-corrected chi connectivity index (χ1v) is 5.54. The van der Waals surface area contributed by atoms with E-state index < -0.39 is 23.6 Å². The molecule has 6 nitrogen and oxygen atoms in total. The monoisotopic (exact) mass is 299 g/mol. The number of carbonyl (C=O) groups is 2.